The zero-order valence-electron chi connectivity index (χ0n) is 9.85. The van der Waals surface area contributed by atoms with Gasteiger partial charge in [-0.3, -0.25) is 0 Å². The molecule has 2 N–H and O–H groups in total. The number of nitrogens with one attached hydrogen (secondary N) is 1. The van der Waals surface area contributed by atoms with Crippen LogP contribution in [0.25, 0.3) is 0 Å². The smallest absolute Gasteiger partial charge is 0.321 e. The van der Waals surface area contributed by atoms with E-state index in [4.69, 9.17) is 5.11 Å². The first-order valence-electron chi connectivity index (χ1n) is 6.05. The van der Waals surface area contributed by atoms with Crippen LogP contribution in [0.15, 0.2) is 24.3 Å². The van der Waals surface area contributed by atoms with Crippen molar-refractivity contribution in [3.05, 3.63) is 29.8 Å². The lowest BCUT2D eigenvalue weighted by Crippen LogP contribution is -2.38. The van der Waals surface area contributed by atoms with Gasteiger partial charge in [-0.2, -0.15) is 0 Å². The Morgan fingerprint density at radius 2 is 2.06 bits per heavy atom. The summed E-state index contributed by atoms with van der Waals surface area (Å²) in [4.78, 5) is 13.8. The molecule has 2 amide bonds. The number of amides is 2. The molecule has 0 aromatic heterocycles. The van der Waals surface area contributed by atoms with Gasteiger partial charge in [0.1, 0.15) is 0 Å². The van der Waals surface area contributed by atoms with E-state index in [9.17, 15) is 4.79 Å². The maximum Gasteiger partial charge on any atom is 0.321 e. The maximum atomic E-state index is 11.9. The third-order valence-electron chi connectivity index (χ3n) is 3.00. The van der Waals surface area contributed by atoms with E-state index in [0.717, 1.165) is 37.2 Å². The molecule has 1 fully saturated rings. The van der Waals surface area contributed by atoms with E-state index in [-0.39, 0.29) is 12.6 Å². The molecular weight excluding hydrogens is 216 g/mol. The summed E-state index contributed by atoms with van der Waals surface area (Å²) in [5.41, 5.74) is 1.55. The molecule has 0 unspecified atom stereocenters. The van der Waals surface area contributed by atoms with Crippen LogP contribution < -0.4 is 5.32 Å². The molecule has 17 heavy (non-hydrogen) atoms. The fourth-order valence-corrected chi connectivity index (χ4v) is 2.05. The minimum Gasteiger partial charge on any atom is -0.392 e. The van der Waals surface area contributed by atoms with Crippen molar-refractivity contribution in [2.24, 2.45) is 0 Å². The summed E-state index contributed by atoms with van der Waals surface area (Å²) >= 11 is 0. The molecule has 4 heteroatoms. The Kier molecular flexibility index (Phi) is 3.98. The van der Waals surface area contributed by atoms with E-state index in [1.54, 1.807) is 6.07 Å². The minimum absolute atomic E-state index is 0.00652. The Hall–Kier alpha value is -1.55. The van der Waals surface area contributed by atoms with Crippen LogP contribution in [0.1, 0.15) is 24.8 Å². The molecule has 2 rings (SSSR count). The number of hydrogen-bond acceptors (Lipinski definition) is 2. The van der Waals surface area contributed by atoms with E-state index in [2.05, 4.69) is 5.32 Å². The van der Waals surface area contributed by atoms with Gasteiger partial charge >= 0.3 is 6.03 Å². The third-order valence-corrected chi connectivity index (χ3v) is 3.00. The van der Waals surface area contributed by atoms with Crippen molar-refractivity contribution < 1.29 is 9.90 Å². The minimum atomic E-state index is -0.0419. The van der Waals surface area contributed by atoms with Crippen molar-refractivity contribution in [3.63, 3.8) is 0 Å². The lowest BCUT2D eigenvalue weighted by atomic mass is 10.1. The van der Waals surface area contributed by atoms with Crippen molar-refractivity contribution in [3.8, 4) is 0 Å². The Morgan fingerprint density at radius 3 is 2.76 bits per heavy atom. The number of piperidine rings is 1. The van der Waals surface area contributed by atoms with Crippen LogP contribution in [0.5, 0.6) is 0 Å². The van der Waals surface area contributed by atoms with E-state index < -0.39 is 0 Å². The summed E-state index contributed by atoms with van der Waals surface area (Å²) in [6.07, 6.45) is 3.39. The number of aliphatic hydroxyl groups is 1. The molecule has 4 nitrogen and oxygen atoms in total. The second-order valence-corrected chi connectivity index (χ2v) is 4.34. The van der Waals surface area contributed by atoms with Crippen molar-refractivity contribution in [2.45, 2.75) is 25.9 Å². The highest BCUT2D eigenvalue weighted by atomic mass is 16.3. The number of urea groups is 1. The van der Waals surface area contributed by atoms with Crippen LogP contribution in [0.3, 0.4) is 0 Å². The molecule has 0 bridgehead atoms. The summed E-state index contributed by atoms with van der Waals surface area (Å²) < 4.78 is 0. The van der Waals surface area contributed by atoms with Gasteiger partial charge in [0, 0.05) is 18.8 Å². The molecule has 1 saturated heterocycles. The summed E-state index contributed by atoms with van der Waals surface area (Å²) in [5, 5.41) is 11.9. The second kappa shape index (κ2) is 5.68. The number of rotatable bonds is 2. The quantitative estimate of drug-likeness (QED) is 0.824. The number of carbonyl (C=O) groups excluding carboxylic acids is 1. The predicted octanol–water partition coefficient (Wildman–Crippen LogP) is 2.20. The highest BCUT2D eigenvalue weighted by Gasteiger charge is 2.16. The van der Waals surface area contributed by atoms with Crippen molar-refractivity contribution >= 4 is 11.7 Å². The lowest BCUT2D eigenvalue weighted by molar-refractivity contribution is 0.200. The van der Waals surface area contributed by atoms with Crippen molar-refractivity contribution in [2.75, 3.05) is 18.4 Å². The van der Waals surface area contributed by atoms with Crippen LogP contribution in [0.4, 0.5) is 10.5 Å². The van der Waals surface area contributed by atoms with Gasteiger partial charge in [-0.15, -0.1) is 0 Å². The van der Waals surface area contributed by atoms with Gasteiger partial charge in [0.05, 0.1) is 6.61 Å². The van der Waals surface area contributed by atoms with Gasteiger partial charge in [0.2, 0.25) is 0 Å². The second-order valence-electron chi connectivity index (χ2n) is 4.34. The Labute approximate surface area is 101 Å². The number of anilines is 1. The van der Waals surface area contributed by atoms with Crippen LogP contribution in [0, 0.1) is 0 Å². The molecule has 0 aliphatic carbocycles. The molecule has 0 spiro atoms. The SMILES string of the molecule is O=C(Nc1cccc(CO)c1)N1CCCCC1. The van der Waals surface area contributed by atoms with Gasteiger partial charge in [0.15, 0.2) is 0 Å². The van der Waals surface area contributed by atoms with Gasteiger partial charge < -0.3 is 15.3 Å². The highest BCUT2D eigenvalue weighted by Crippen LogP contribution is 2.14. The first-order chi connectivity index (χ1) is 8.29. The Morgan fingerprint density at radius 1 is 1.29 bits per heavy atom. The number of likely N-dealkylation sites (tertiary alicyclic amines) is 1. The monoisotopic (exact) mass is 234 g/mol. The van der Waals surface area contributed by atoms with E-state index >= 15 is 0 Å². The zero-order chi connectivity index (χ0) is 12.1. The summed E-state index contributed by atoms with van der Waals surface area (Å²) in [6, 6.07) is 7.25. The molecule has 92 valence electrons. The largest absolute Gasteiger partial charge is 0.392 e. The molecular formula is C13H18N2O2. The lowest BCUT2D eigenvalue weighted by Gasteiger charge is -2.26. The molecule has 1 aliphatic heterocycles. The van der Waals surface area contributed by atoms with Crippen LogP contribution >= 0.6 is 0 Å². The predicted molar refractivity (Wildman–Crippen MR) is 66.8 cm³/mol. The maximum absolute atomic E-state index is 11.9. The van der Waals surface area contributed by atoms with Crippen LogP contribution in [0.2, 0.25) is 0 Å². The third kappa shape index (κ3) is 3.20. The standard InChI is InChI=1S/C13H18N2O2/c16-10-11-5-4-6-12(9-11)14-13(17)15-7-2-1-3-8-15/h4-6,9,16H,1-3,7-8,10H2,(H,14,17). The fraction of sp³-hybridized carbons (Fsp3) is 0.462. The van der Waals surface area contributed by atoms with E-state index in [1.165, 1.54) is 6.42 Å². The topological polar surface area (TPSA) is 52.6 Å². The number of aliphatic hydroxyl groups excluding tert-OH is 1. The number of benzene rings is 1. The first kappa shape index (κ1) is 11.9. The average Bonchev–Trinajstić information content (AvgIpc) is 2.40. The van der Waals surface area contributed by atoms with Crippen molar-refractivity contribution in [1.82, 2.24) is 4.90 Å². The molecule has 0 radical (unpaired) electrons. The number of carbonyl (C=O) groups is 1. The fourth-order valence-electron chi connectivity index (χ4n) is 2.05. The molecule has 0 saturated carbocycles. The van der Waals surface area contributed by atoms with Gasteiger partial charge in [-0.25, -0.2) is 4.79 Å². The van der Waals surface area contributed by atoms with E-state index in [1.807, 2.05) is 23.1 Å². The first-order valence-corrected chi connectivity index (χ1v) is 6.05. The Balaban J connectivity index is 1.96. The van der Waals surface area contributed by atoms with Gasteiger partial charge in [0.25, 0.3) is 0 Å². The number of nitrogens with zero attached hydrogens (tertiary/aromatic N) is 1. The zero-order valence-corrected chi connectivity index (χ0v) is 9.85. The Bertz CT molecular complexity index is 387. The summed E-state index contributed by atoms with van der Waals surface area (Å²) in [6.45, 7) is 1.67. The number of hydrogen-bond donors (Lipinski definition) is 2. The van der Waals surface area contributed by atoms with Crippen molar-refractivity contribution in [1.29, 1.82) is 0 Å². The highest BCUT2D eigenvalue weighted by molar-refractivity contribution is 5.89. The molecule has 1 heterocycles. The van der Waals surface area contributed by atoms with E-state index in [0.29, 0.717) is 0 Å². The summed E-state index contributed by atoms with van der Waals surface area (Å²) in [7, 11) is 0. The normalized spacial score (nSPS) is 15.7. The van der Waals surface area contributed by atoms with Crippen LogP contribution in [-0.2, 0) is 6.61 Å². The molecule has 1 aromatic rings. The summed E-state index contributed by atoms with van der Waals surface area (Å²) in [5.74, 6) is 0. The van der Waals surface area contributed by atoms with Gasteiger partial charge in [-0.05, 0) is 37.0 Å². The molecule has 1 aliphatic rings. The average molecular weight is 234 g/mol. The van der Waals surface area contributed by atoms with Gasteiger partial charge in [-0.1, -0.05) is 12.1 Å². The molecule has 1 aromatic carbocycles. The van der Waals surface area contributed by atoms with Crippen LogP contribution in [-0.4, -0.2) is 29.1 Å². The molecule has 0 atom stereocenters.